The average Bonchev–Trinajstić information content (AvgIpc) is 3.32. The van der Waals surface area contributed by atoms with Gasteiger partial charge in [-0.05, 0) is 84.6 Å². The molecule has 5 aromatic rings. The summed E-state index contributed by atoms with van der Waals surface area (Å²) in [6.07, 6.45) is 4.14. The second kappa shape index (κ2) is 6.83. The summed E-state index contributed by atoms with van der Waals surface area (Å²) in [7, 11) is 0. The number of nitrogens with zero attached hydrogens (tertiary/aromatic N) is 2. The molecule has 0 bridgehead atoms. The van der Waals surface area contributed by atoms with Gasteiger partial charge in [0, 0.05) is 12.4 Å². The summed E-state index contributed by atoms with van der Waals surface area (Å²) in [5, 5.41) is 12.6. The molecule has 2 heterocycles. The lowest BCUT2D eigenvalue weighted by atomic mass is 10.1. The molecule has 0 aliphatic carbocycles. The van der Waals surface area contributed by atoms with Gasteiger partial charge in [0.05, 0.1) is 20.0 Å². The fourth-order valence-electron chi connectivity index (χ4n) is 3.82. The Labute approximate surface area is 179 Å². The molecule has 0 aliphatic rings. The highest BCUT2D eigenvalue weighted by Gasteiger charge is 2.21. The van der Waals surface area contributed by atoms with Crippen molar-refractivity contribution in [1.82, 2.24) is 9.13 Å². The van der Waals surface area contributed by atoms with Crippen molar-refractivity contribution < 1.29 is 5.11 Å². The maximum Gasteiger partial charge on any atom is 0.143 e. The maximum atomic E-state index is 10.2. The number of benzene rings is 3. The molecule has 28 heavy (non-hydrogen) atoms. The highest BCUT2D eigenvalue weighted by atomic mass is 79.9. The first kappa shape index (κ1) is 17.6. The monoisotopic (exact) mass is 494 g/mol. The van der Waals surface area contributed by atoms with E-state index in [0.717, 1.165) is 16.6 Å². The molecule has 3 nitrogen and oxygen atoms in total. The van der Waals surface area contributed by atoms with Gasteiger partial charge in [0.1, 0.15) is 11.9 Å². The number of phenolic OH excluding ortho intramolecular Hbond substituents is 1. The van der Waals surface area contributed by atoms with E-state index in [0.29, 0.717) is 8.95 Å². The summed E-state index contributed by atoms with van der Waals surface area (Å²) >= 11 is 6.99. The predicted octanol–water partition coefficient (Wildman–Crippen LogP) is 6.92. The van der Waals surface area contributed by atoms with Gasteiger partial charge in [0.15, 0.2) is 0 Å². The fourth-order valence-corrected chi connectivity index (χ4v) is 5.05. The minimum absolute atomic E-state index is 0.104. The zero-order valence-electron chi connectivity index (χ0n) is 14.8. The largest absolute Gasteiger partial charge is 0.506 e. The van der Waals surface area contributed by atoms with E-state index in [2.05, 4.69) is 114 Å². The molecule has 0 saturated heterocycles. The summed E-state index contributed by atoms with van der Waals surface area (Å²) < 4.78 is 5.87. The van der Waals surface area contributed by atoms with Crippen LogP contribution in [0.5, 0.6) is 5.75 Å². The summed E-state index contributed by atoms with van der Waals surface area (Å²) in [5.41, 5.74) is 3.37. The third-order valence-electron chi connectivity index (χ3n) is 5.12. The zero-order valence-corrected chi connectivity index (χ0v) is 17.9. The highest BCUT2D eigenvalue weighted by molar-refractivity contribution is 9.11. The fraction of sp³-hybridized carbons (Fsp3) is 0.0435. The van der Waals surface area contributed by atoms with Crippen molar-refractivity contribution in [3.8, 4) is 5.75 Å². The molecule has 0 unspecified atom stereocenters. The van der Waals surface area contributed by atoms with Gasteiger partial charge in [-0.25, -0.2) is 0 Å². The van der Waals surface area contributed by atoms with Gasteiger partial charge >= 0.3 is 0 Å². The smallest absolute Gasteiger partial charge is 0.143 e. The molecule has 5 heteroatoms. The van der Waals surface area contributed by atoms with Crippen molar-refractivity contribution in [1.29, 1.82) is 0 Å². The molecule has 0 spiro atoms. The Morgan fingerprint density at radius 1 is 0.679 bits per heavy atom. The van der Waals surface area contributed by atoms with Crippen LogP contribution in [0.3, 0.4) is 0 Å². The van der Waals surface area contributed by atoms with E-state index in [4.69, 9.17) is 0 Å². The van der Waals surface area contributed by atoms with Crippen molar-refractivity contribution in [3.05, 3.63) is 99.7 Å². The first-order valence-corrected chi connectivity index (χ1v) is 10.5. The van der Waals surface area contributed by atoms with Gasteiger partial charge in [-0.3, -0.25) is 0 Å². The normalized spacial score (nSPS) is 11.7. The van der Waals surface area contributed by atoms with Crippen molar-refractivity contribution in [3.63, 3.8) is 0 Å². The van der Waals surface area contributed by atoms with E-state index < -0.39 is 0 Å². The van der Waals surface area contributed by atoms with E-state index in [1.54, 1.807) is 0 Å². The number of aromatic hydroxyl groups is 1. The summed E-state index contributed by atoms with van der Waals surface area (Å²) in [6, 6.07) is 25.0. The quantitative estimate of drug-likeness (QED) is 0.289. The molecule has 0 saturated carbocycles. The molecule has 0 aliphatic heterocycles. The van der Waals surface area contributed by atoms with Crippen molar-refractivity contribution in [2.45, 2.75) is 6.17 Å². The van der Waals surface area contributed by atoms with Crippen LogP contribution >= 0.6 is 31.9 Å². The number of rotatable bonds is 3. The molecule has 2 aromatic heterocycles. The average molecular weight is 496 g/mol. The lowest BCUT2D eigenvalue weighted by Crippen LogP contribution is -2.18. The molecule has 1 N–H and O–H groups in total. The molecule has 138 valence electrons. The number of para-hydroxylation sites is 2. The first-order chi connectivity index (χ1) is 13.6. The Kier molecular flexibility index (Phi) is 4.29. The molecular formula is C23H16Br2N2O. The van der Waals surface area contributed by atoms with Crippen LogP contribution in [0.2, 0.25) is 0 Å². The Bertz CT molecular complexity index is 1220. The van der Waals surface area contributed by atoms with Gasteiger partial charge < -0.3 is 14.2 Å². The van der Waals surface area contributed by atoms with Gasteiger partial charge in [-0.2, -0.15) is 0 Å². The van der Waals surface area contributed by atoms with Gasteiger partial charge in [0.25, 0.3) is 0 Å². The van der Waals surface area contributed by atoms with Crippen LogP contribution in [0.25, 0.3) is 21.8 Å². The topological polar surface area (TPSA) is 30.1 Å². The van der Waals surface area contributed by atoms with E-state index in [-0.39, 0.29) is 11.9 Å². The minimum atomic E-state index is -0.104. The number of aromatic nitrogens is 2. The van der Waals surface area contributed by atoms with Crippen molar-refractivity contribution in [2.75, 3.05) is 0 Å². The standard InChI is InChI=1S/C23H16Br2N2O/c24-18-13-17(14-19(25)22(18)28)23(26-11-9-15-5-1-3-7-20(15)26)27-12-10-16-6-2-4-8-21(16)27/h1-14,23,28H. The van der Waals surface area contributed by atoms with E-state index in [1.807, 2.05) is 12.1 Å². The van der Waals surface area contributed by atoms with Gasteiger partial charge in [-0.1, -0.05) is 36.4 Å². The number of hydrogen-bond donors (Lipinski definition) is 1. The van der Waals surface area contributed by atoms with Crippen LogP contribution in [0.15, 0.2) is 94.1 Å². The number of halogens is 2. The van der Waals surface area contributed by atoms with Crippen LogP contribution in [0, 0.1) is 0 Å². The minimum Gasteiger partial charge on any atom is -0.506 e. The van der Waals surface area contributed by atoms with Gasteiger partial charge in [-0.15, -0.1) is 0 Å². The number of hydrogen-bond acceptors (Lipinski definition) is 1. The van der Waals surface area contributed by atoms with Gasteiger partial charge in [0.2, 0.25) is 0 Å². The third-order valence-corrected chi connectivity index (χ3v) is 6.33. The molecule has 0 amide bonds. The Morgan fingerprint density at radius 3 is 1.64 bits per heavy atom. The van der Waals surface area contributed by atoms with Crippen LogP contribution < -0.4 is 0 Å². The Hall–Kier alpha value is -2.50. The predicted molar refractivity (Wildman–Crippen MR) is 121 cm³/mol. The maximum absolute atomic E-state index is 10.2. The SMILES string of the molecule is Oc1c(Br)cc(C(n2ccc3ccccc32)n2ccc3ccccc32)cc1Br. The molecule has 3 aromatic carbocycles. The first-order valence-electron chi connectivity index (χ1n) is 8.92. The lowest BCUT2D eigenvalue weighted by molar-refractivity contribution is 0.466. The summed E-state index contributed by atoms with van der Waals surface area (Å²) in [4.78, 5) is 0. The second-order valence-corrected chi connectivity index (χ2v) is 8.48. The molecule has 0 radical (unpaired) electrons. The summed E-state index contributed by atoms with van der Waals surface area (Å²) in [6.45, 7) is 0. The Morgan fingerprint density at radius 2 is 1.14 bits per heavy atom. The zero-order chi connectivity index (χ0) is 19.3. The van der Waals surface area contributed by atoms with Crippen LogP contribution in [0.4, 0.5) is 0 Å². The van der Waals surface area contributed by atoms with Crippen LogP contribution in [0.1, 0.15) is 11.7 Å². The number of fused-ring (bicyclic) bond motifs is 2. The van der Waals surface area contributed by atoms with Crippen LogP contribution in [-0.2, 0) is 0 Å². The van der Waals surface area contributed by atoms with E-state index in [1.165, 1.54) is 10.8 Å². The molecule has 5 rings (SSSR count). The lowest BCUT2D eigenvalue weighted by Gasteiger charge is -2.24. The highest BCUT2D eigenvalue weighted by Crippen LogP contribution is 2.38. The molecular weight excluding hydrogens is 480 g/mol. The Balaban J connectivity index is 1.82. The van der Waals surface area contributed by atoms with Crippen molar-refractivity contribution >= 4 is 53.7 Å². The van der Waals surface area contributed by atoms with E-state index in [9.17, 15) is 5.11 Å². The summed E-state index contributed by atoms with van der Waals surface area (Å²) in [5.74, 6) is 0.206. The number of phenols is 1. The molecule has 0 atom stereocenters. The van der Waals surface area contributed by atoms with Crippen molar-refractivity contribution in [2.24, 2.45) is 0 Å². The second-order valence-electron chi connectivity index (χ2n) is 6.77. The third kappa shape index (κ3) is 2.77. The van der Waals surface area contributed by atoms with Crippen LogP contribution in [-0.4, -0.2) is 14.2 Å². The molecule has 0 fully saturated rings. The van der Waals surface area contributed by atoms with E-state index >= 15 is 0 Å².